The maximum atomic E-state index is 13.6. The van der Waals surface area contributed by atoms with Crippen LogP contribution in [0.15, 0.2) is 12.1 Å². The number of carboxylic acid groups (broad SMARTS) is 1. The zero-order valence-corrected chi connectivity index (χ0v) is 10.9. The Morgan fingerprint density at radius 1 is 1.56 bits per heavy atom. The van der Waals surface area contributed by atoms with E-state index in [1.54, 1.807) is 0 Å². The van der Waals surface area contributed by atoms with Gasteiger partial charge in [-0.1, -0.05) is 20.3 Å². The number of hydrogen-bond donors (Lipinski definition) is 2. The van der Waals surface area contributed by atoms with E-state index in [9.17, 15) is 9.18 Å². The standard InChI is InChI=1S/C13H19FN2O2/c1-4-8(2)7-16(3)12-6-10(14)9(13(17)18)5-11(12)15/h5-6,8H,4,7,15H2,1-3H3,(H,17,18). The molecule has 0 aliphatic carbocycles. The van der Waals surface area contributed by atoms with Gasteiger partial charge in [-0.2, -0.15) is 0 Å². The maximum Gasteiger partial charge on any atom is 0.338 e. The summed E-state index contributed by atoms with van der Waals surface area (Å²) in [5.74, 6) is -1.62. The molecule has 5 heteroatoms. The molecule has 0 spiro atoms. The van der Waals surface area contributed by atoms with E-state index < -0.39 is 17.3 Å². The van der Waals surface area contributed by atoms with Crippen molar-refractivity contribution in [3.63, 3.8) is 0 Å². The van der Waals surface area contributed by atoms with E-state index in [1.165, 1.54) is 12.1 Å². The number of aromatic carboxylic acids is 1. The number of nitrogen functional groups attached to an aromatic ring is 1. The van der Waals surface area contributed by atoms with Crippen LogP contribution < -0.4 is 10.6 Å². The SMILES string of the molecule is CCC(C)CN(C)c1cc(F)c(C(=O)O)cc1N. The maximum absolute atomic E-state index is 13.6. The molecule has 0 fully saturated rings. The van der Waals surface area contributed by atoms with Gasteiger partial charge in [-0.05, 0) is 12.0 Å². The minimum atomic E-state index is -1.31. The van der Waals surface area contributed by atoms with E-state index in [0.29, 0.717) is 11.6 Å². The van der Waals surface area contributed by atoms with Gasteiger partial charge < -0.3 is 15.7 Å². The van der Waals surface area contributed by atoms with Gasteiger partial charge in [-0.15, -0.1) is 0 Å². The normalized spacial score (nSPS) is 12.2. The summed E-state index contributed by atoms with van der Waals surface area (Å²) >= 11 is 0. The molecule has 0 saturated heterocycles. The van der Waals surface area contributed by atoms with Crippen LogP contribution in [0.5, 0.6) is 0 Å². The van der Waals surface area contributed by atoms with Gasteiger partial charge in [0.05, 0.1) is 16.9 Å². The summed E-state index contributed by atoms with van der Waals surface area (Å²) in [5, 5.41) is 8.79. The van der Waals surface area contributed by atoms with Crippen LogP contribution in [0, 0.1) is 11.7 Å². The summed E-state index contributed by atoms with van der Waals surface area (Å²) in [6.07, 6.45) is 1.01. The molecule has 100 valence electrons. The topological polar surface area (TPSA) is 66.6 Å². The van der Waals surface area contributed by atoms with Crippen molar-refractivity contribution in [2.45, 2.75) is 20.3 Å². The highest BCUT2D eigenvalue weighted by Gasteiger charge is 2.16. The first-order valence-corrected chi connectivity index (χ1v) is 5.90. The van der Waals surface area contributed by atoms with E-state index in [4.69, 9.17) is 10.8 Å². The second kappa shape index (κ2) is 5.71. The number of nitrogens with zero attached hydrogens (tertiary/aromatic N) is 1. The number of rotatable bonds is 5. The van der Waals surface area contributed by atoms with E-state index >= 15 is 0 Å². The molecule has 1 unspecified atom stereocenters. The van der Waals surface area contributed by atoms with Crippen LogP contribution in [0.2, 0.25) is 0 Å². The van der Waals surface area contributed by atoms with E-state index in [0.717, 1.165) is 13.0 Å². The summed E-state index contributed by atoms with van der Waals surface area (Å²) in [6, 6.07) is 2.35. The van der Waals surface area contributed by atoms with Gasteiger partial charge >= 0.3 is 5.97 Å². The molecule has 1 atom stereocenters. The molecule has 0 bridgehead atoms. The highest BCUT2D eigenvalue weighted by Crippen LogP contribution is 2.26. The Morgan fingerprint density at radius 2 is 2.17 bits per heavy atom. The summed E-state index contributed by atoms with van der Waals surface area (Å²) in [7, 11) is 1.82. The molecule has 1 aromatic rings. The highest BCUT2D eigenvalue weighted by atomic mass is 19.1. The zero-order valence-electron chi connectivity index (χ0n) is 10.9. The second-order valence-corrected chi connectivity index (χ2v) is 4.59. The third-order valence-corrected chi connectivity index (χ3v) is 3.04. The Bertz CT molecular complexity index is 449. The molecule has 0 radical (unpaired) electrons. The molecule has 0 aromatic heterocycles. The van der Waals surface area contributed by atoms with E-state index in [1.807, 2.05) is 11.9 Å². The van der Waals surface area contributed by atoms with Crippen molar-refractivity contribution in [1.82, 2.24) is 0 Å². The van der Waals surface area contributed by atoms with Gasteiger partial charge in [0.2, 0.25) is 0 Å². The Balaban J connectivity index is 3.04. The van der Waals surface area contributed by atoms with E-state index in [2.05, 4.69) is 13.8 Å². The first-order chi connectivity index (χ1) is 8.36. The number of anilines is 2. The number of nitrogens with two attached hydrogens (primary N) is 1. The van der Waals surface area contributed by atoms with E-state index in [-0.39, 0.29) is 5.69 Å². The monoisotopic (exact) mass is 254 g/mol. The minimum Gasteiger partial charge on any atom is -0.478 e. The fraction of sp³-hybridized carbons (Fsp3) is 0.462. The van der Waals surface area contributed by atoms with Crippen LogP contribution in [0.3, 0.4) is 0 Å². The molecule has 1 rings (SSSR count). The van der Waals surface area contributed by atoms with Crippen molar-refractivity contribution in [2.75, 3.05) is 24.2 Å². The molecule has 3 N–H and O–H groups in total. The molecule has 1 aromatic carbocycles. The quantitative estimate of drug-likeness (QED) is 0.792. The molecule has 18 heavy (non-hydrogen) atoms. The minimum absolute atomic E-state index is 0.277. The van der Waals surface area contributed by atoms with Gasteiger partial charge in [0.1, 0.15) is 5.82 Å². The fourth-order valence-electron chi connectivity index (χ4n) is 1.77. The zero-order chi connectivity index (χ0) is 13.9. The van der Waals surface area contributed by atoms with Crippen LogP contribution in [0.1, 0.15) is 30.6 Å². The lowest BCUT2D eigenvalue weighted by Gasteiger charge is -2.24. The van der Waals surface area contributed by atoms with Crippen LogP contribution in [0.4, 0.5) is 15.8 Å². The van der Waals surface area contributed by atoms with Crippen molar-refractivity contribution in [3.05, 3.63) is 23.5 Å². The number of hydrogen-bond acceptors (Lipinski definition) is 3. The number of carboxylic acids is 1. The predicted octanol–water partition coefficient (Wildman–Crippen LogP) is 2.59. The van der Waals surface area contributed by atoms with Gasteiger partial charge in [0, 0.05) is 19.7 Å². The second-order valence-electron chi connectivity index (χ2n) is 4.59. The average molecular weight is 254 g/mol. The smallest absolute Gasteiger partial charge is 0.338 e. The predicted molar refractivity (Wildman–Crippen MR) is 70.5 cm³/mol. The van der Waals surface area contributed by atoms with Crippen molar-refractivity contribution < 1.29 is 14.3 Å². The Labute approximate surface area is 106 Å². The molecule has 0 aliphatic rings. The van der Waals surface area contributed by atoms with Crippen LogP contribution in [-0.4, -0.2) is 24.7 Å². The Morgan fingerprint density at radius 3 is 2.67 bits per heavy atom. The summed E-state index contributed by atoms with van der Waals surface area (Å²) in [6.45, 7) is 4.91. The molecule has 0 aliphatic heterocycles. The first-order valence-electron chi connectivity index (χ1n) is 5.90. The van der Waals surface area contributed by atoms with Crippen molar-refractivity contribution in [1.29, 1.82) is 0 Å². The lowest BCUT2D eigenvalue weighted by molar-refractivity contribution is 0.0692. The molecule has 4 nitrogen and oxygen atoms in total. The molecule has 0 saturated carbocycles. The molecule has 0 amide bonds. The number of benzene rings is 1. The van der Waals surface area contributed by atoms with Gasteiger partial charge in [-0.25, -0.2) is 9.18 Å². The third-order valence-electron chi connectivity index (χ3n) is 3.04. The van der Waals surface area contributed by atoms with Gasteiger partial charge in [0.15, 0.2) is 0 Å². The lowest BCUT2D eigenvalue weighted by Crippen LogP contribution is -2.25. The van der Waals surface area contributed by atoms with Crippen LogP contribution >= 0.6 is 0 Å². The summed E-state index contributed by atoms with van der Waals surface area (Å²) in [5.41, 5.74) is 6.18. The average Bonchev–Trinajstić information content (AvgIpc) is 2.30. The fourth-order valence-corrected chi connectivity index (χ4v) is 1.77. The number of carbonyl (C=O) groups is 1. The van der Waals surface area contributed by atoms with Crippen molar-refractivity contribution >= 4 is 17.3 Å². The van der Waals surface area contributed by atoms with Gasteiger partial charge in [-0.3, -0.25) is 0 Å². The highest BCUT2D eigenvalue weighted by molar-refractivity contribution is 5.90. The van der Waals surface area contributed by atoms with Crippen LogP contribution in [-0.2, 0) is 0 Å². The van der Waals surface area contributed by atoms with Crippen LogP contribution in [0.25, 0.3) is 0 Å². The van der Waals surface area contributed by atoms with Crippen molar-refractivity contribution in [3.8, 4) is 0 Å². The Kier molecular flexibility index (Phi) is 4.53. The molecular formula is C13H19FN2O2. The van der Waals surface area contributed by atoms with Gasteiger partial charge in [0.25, 0.3) is 0 Å². The molecule has 0 heterocycles. The molecular weight excluding hydrogens is 235 g/mol. The number of halogens is 1. The summed E-state index contributed by atoms with van der Waals surface area (Å²) in [4.78, 5) is 12.6. The van der Waals surface area contributed by atoms with Crippen molar-refractivity contribution in [2.24, 2.45) is 5.92 Å². The lowest BCUT2D eigenvalue weighted by atomic mass is 10.1. The summed E-state index contributed by atoms with van der Waals surface area (Å²) < 4.78 is 13.6. The largest absolute Gasteiger partial charge is 0.478 e. The third kappa shape index (κ3) is 3.12. The first kappa shape index (κ1) is 14.3. The Hall–Kier alpha value is -1.78.